The fourth-order valence-electron chi connectivity index (χ4n) is 1.15. The highest BCUT2D eigenvalue weighted by molar-refractivity contribution is 6.01. The highest BCUT2D eigenvalue weighted by Crippen LogP contribution is 2.12. The Kier molecular flexibility index (Phi) is 4.94. The average Bonchev–Trinajstić information content (AvgIpc) is 2.34. The molecule has 0 aliphatic carbocycles. The maximum atomic E-state index is 11.5. The van der Waals surface area contributed by atoms with Crippen molar-refractivity contribution < 1.29 is 19.1 Å². The summed E-state index contributed by atoms with van der Waals surface area (Å²) in [6.07, 6.45) is 0.204. The number of ether oxygens (including phenoxy) is 2. The molecule has 0 aliphatic heterocycles. The molecule has 0 N–H and O–H groups in total. The molecule has 1 rings (SSSR count). The van der Waals surface area contributed by atoms with Gasteiger partial charge in [-0.3, -0.25) is 4.79 Å². The molecule has 1 aromatic rings. The monoisotopic (exact) mass is 234 g/mol. The van der Waals surface area contributed by atoms with Crippen LogP contribution in [0.4, 0.5) is 0 Å². The summed E-state index contributed by atoms with van der Waals surface area (Å²) >= 11 is 0. The van der Waals surface area contributed by atoms with Crippen LogP contribution in [0.15, 0.2) is 43.0 Å². The molecule has 0 saturated heterocycles. The molecule has 0 spiro atoms. The number of Topliss-reactive ketones (excluding diaryl/α,β-unsaturated/α-hetero) is 1. The van der Waals surface area contributed by atoms with Gasteiger partial charge in [0.2, 0.25) is 0 Å². The molecule has 0 heterocycles. The van der Waals surface area contributed by atoms with Crippen LogP contribution in [0.5, 0.6) is 5.75 Å². The van der Waals surface area contributed by atoms with Gasteiger partial charge < -0.3 is 9.47 Å². The smallest absolute Gasteiger partial charge is 0.355 e. The molecule has 0 bridgehead atoms. The molecule has 4 heteroatoms. The second kappa shape index (κ2) is 6.48. The van der Waals surface area contributed by atoms with E-state index in [2.05, 4.69) is 6.58 Å². The fourth-order valence-corrected chi connectivity index (χ4v) is 1.15. The summed E-state index contributed by atoms with van der Waals surface area (Å²) in [7, 11) is 0. The third-order valence-electron chi connectivity index (χ3n) is 1.92. The summed E-state index contributed by atoms with van der Waals surface area (Å²) in [5, 5.41) is 0. The van der Waals surface area contributed by atoms with E-state index in [1.54, 1.807) is 24.3 Å². The molecule has 17 heavy (non-hydrogen) atoms. The largest absolute Gasteiger partial charge is 0.471 e. The van der Waals surface area contributed by atoms with Crippen LogP contribution in [0.2, 0.25) is 0 Å². The number of para-hydroxylation sites is 1. The Bertz CT molecular complexity index is 397. The SMILES string of the molecule is C=CCOC(=O)C(Oc1ccccc1)C(C)=O. The Labute approximate surface area is 99.8 Å². The van der Waals surface area contributed by atoms with E-state index in [-0.39, 0.29) is 6.61 Å². The highest BCUT2D eigenvalue weighted by atomic mass is 16.6. The molecule has 1 aromatic carbocycles. The summed E-state index contributed by atoms with van der Waals surface area (Å²) in [5.74, 6) is -0.660. The molecule has 90 valence electrons. The first-order valence-electron chi connectivity index (χ1n) is 5.15. The molecule has 0 aromatic heterocycles. The van der Waals surface area contributed by atoms with Crippen LogP contribution in [0.3, 0.4) is 0 Å². The van der Waals surface area contributed by atoms with Gasteiger partial charge >= 0.3 is 5.97 Å². The molecule has 0 radical (unpaired) electrons. The van der Waals surface area contributed by atoms with Crippen LogP contribution < -0.4 is 4.74 Å². The van der Waals surface area contributed by atoms with Gasteiger partial charge in [0.25, 0.3) is 6.10 Å². The van der Waals surface area contributed by atoms with Crippen molar-refractivity contribution in [3.05, 3.63) is 43.0 Å². The van der Waals surface area contributed by atoms with Crippen molar-refractivity contribution in [2.75, 3.05) is 6.61 Å². The van der Waals surface area contributed by atoms with Crippen molar-refractivity contribution in [1.82, 2.24) is 0 Å². The summed E-state index contributed by atoms with van der Waals surface area (Å²) < 4.78 is 10.1. The van der Waals surface area contributed by atoms with Crippen LogP contribution in [0.25, 0.3) is 0 Å². The lowest BCUT2D eigenvalue weighted by molar-refractivity contribution is -0.154. The summed E-state index contributed by atoms with van der Waals surface area (Å²) in [6, 6.07) is 8.64. The minimum Gasteiger partial charge on any atom is -0.471 e. The molecule has 0 aliphatic rings. The zero-order valence-electron chi connectivity index (χ0n) is 9.59. The maximum absolute atomic E-state index is 11.5. The number of hydrogen-bond donors (Lipinski definition) is 0. The third kappa shape index (κ3) is 4.10. The Morgan fingerprint density at radius 3 is 2.53 bits per heavy atom. The summed E-state index contributed by atoms with van der Waals surface area (Å²) in [4.78, 5) is 22.8. The van der Waals surface area contributed by atoms with Gasteiger partial charge in [-0.15, -0.1) is 0 Å². The topological polar surface area (TPSA) is 52.6 Å². The Hall–Kier alpha value is -2.10. The van der Waals surface area contributed by atoms with E-state index in [1.807, 2.05) is 6.07 Å². The lowest BCUT2D eigenvalue weighted by atomic mass is 10.2. The second-order valence-electron chi connectivity index (χ2n) is 3.34. The van der Waals surface area contributed by atoms with E-state index in [9.17, 15) is 9.59 Å². The third-order valence-corrected chi connectivity index (χ3v) is 1.92. The number of esters is 1. The van der Waals surface area contributed by atoms with Gasteiger partial charge in [0.1, 0.15) is 12.4 Å². The van der Waals surface area contributed by atoms with E-state index in [0.717, 1.165) is 0 Å². The lowest BCUT2D eigenvalue weighted by Crippen LogP contribution is -2.35. The van der Waals surface area contributed by atoms with Crippen LogP contribution in [-0.4, -0.2) is 24.5 Å². The number of ketones is 1. The molecule has 4 nitrogen and oxygen atoms in total. The van der Waals surface area contributed by atoms with Gasteiger partial charge in [0.05, 0.1) is 0 Å². The zero-order chi connectivity index (χ0) is 12.7. The number of benzene rings is 1. The second-order valence-corrected chi connectivity index (χ2v) is 3.34. The van der Waals surface area contributed by atoms with Crippen molar-refractivity contribution in [2.24, 2.45) is 0 Å². The predicted octanol–water partition coefficient (Wildman–Crippen LogP) is 1.75. The number of carbonyl (C=O) groups excluding carboxylic acids is 2. The first kappa shape index (κ1) is 13.0. The number of rotatable bonds is 6. The van der Waals surface area contributed by atoms with Gasteiger partial charge in [0.15, 0.2) is 5.78 Å². The van der Waals surface area contributed by atoms with E-state index in [1.165, 1.54) is 13.0 Å². The summed E-state index contributed by atoms with van der Waals surface area (Å²) in [6.45, 7) is 4.75. The standard InChI is InChI=1S/C13H14O4/c1-3-9-16-13(15)12(10(2)14)17-11-7-5-4-6-8-11/h3-8,12H,1,9H2,2H3. The minimum atomic E-state index is -1.22. The van der Waals surface area contributed by atoms with Crippen molar-refractivity contribution in [3.63, 3.8) is 0 Å². The Balaban J connectivity index is 2.70. The van der Waals surface area contributed by atoms with Crippen molar-refractivity contribution >= 4 is 11.8 Å². The molecule has 0 saturated carbocycles. The molecular weight excluding hydrogens is 220 g/mol. The molecule has 0 fully saturated rings. The van der Waals surface area contributed by atoms with Crippen LogP contribution in [0.1, 0.15) is 6.92 Å². The van der Waals surface area contributed by atoms with Crippen molar-refractivity contribution in [3.8, 4) is 5.75 Å². The van der Waals surface area contributed by atoms with Gasteiger partial charge in [-0.1, -0.05) is 30.9 Å². The number of carbonyl (C=O) groups is 2. The van der Waals surface area contributed by atoms with E-state index in [4.69, 9.17) is 9.47 Å². The van der Waals surface area contributed by atoms with E-state index in [0.29, 0.717) is 5.75 Å². The zero-order valence-corrected chi connectivity index (χ0v) is 9.59. The first-order chi connectivity index (χ1) is 8.15. The van der Waals surface area contributed by atoms with Gasteiger partial charge in [0, 0.05) is 0 Å². The van der Waals surface area contributed by atoms with Crippen molar-refractivity contribution in [2.45, 2.75) is 13.0 Å². The number of hydrogen-bond acceptors (Lipinski definition) is 4. The molecule has 0 amide bonds. The molecular formula is C13H14O4. The van der Waals surface area contributed by atoms with Crippen molar-refractivity contribution in [1.29, 1.82) is 0 Å². The van der Waals surface area contributed by atoms with E-state index < -0.39 is 17.9 Å². The lowest BCUT2D eigenvalue weighted by Gasteiger charge is -2.14. The summed E-state index contributed by atoms with van der Waals surface area (Å²) in [5.41, 5.74) is 0. The normalized spacial score (nSPS) is 11.4. The van der Waals surface area contributed by atoms with Gasteiger partial charge in [-0.2, -0.15) is 0 Å². The average molecular weight is 234 g/mol. The van der Waals surface area contributed by atoms with Crippen LogP contribution >= 0.6 is 0 Å². The fraction of sp³-hybridized carbons (Fsp3) is 0.231. The first-order valence-corrected chi connectivity index (χ1v) is 5.15. The Morgan fingerprint density at radius 1 is 1.35 bits per heavy atom. The highest BCUT2D eigenvalue weighted by Gasteiger charge is 2.26. The van der Waals surface area contributed by atoms with Gasteiger partial charge in [-0.25, -0.2) is 4.79 Å². The quantitative estimate of drug-likeness (QED) is 0.427. The Morgan fingerprint density at radius 2 is 2.00 bits per heavy atom. The minimum absolute atomic E-state index is 0.0563. The predicted molar refractivity (Wildman–Crippen MR) is 62.7 cm³/mol. The molecule has 1 atom stereocenters. The molecule has 1 unspecified atom stereocenters. The van der Waals surface area contributed by atoms with E-state index >= 15 is 0 Å². The van der Waals surface area contributed by atoms with Crippen LogP contribution in [0, 0.1) is 0 Å². The van der Waals surface area contributed by atoms with Gasteiger partial charge in [-0.05, 0) is 19.1 Å². The van der Waals surface area contributed by atoms with Crippen LogP contribution in [-0.2, 0) is 14.3 Å². The maximum Gasteiger partial charge on any atom is 0.355 e.